The van der Waals surface area contributed by atoms with Gasteiger partial charge in [-0.2, -0.15) is 0 Å². The molecule has 0 bridgehead atoms. The summed E-state index contributed by atoms with van der Waals surface area (Å²) in [4.78, 5) is 0. The zero-order chi connectivity index (χ0) is 47.1. The van der Waals surface area contributed by atoms with Crippen molar-refractivity contribution in [3.05, 3.63) is 283 Å². The first kappa shape index (κ1) is 39.5. The summed E-state index contributed by atoms with van der Waals surface area (Å²) in [7, 11) is 0. The molecule has 0 radical (unpaired) electrons. The molecule has 1 heteroatoms. The van der Waals surface area contributed by atoms with E-state index < -0.39 is 5.41 Å². The van der Waals surface area contributed by atoms with E-state index in [9.17, 15) is 0 Å². The summed E-state index contributed by atoms with van der Waals surface area (Å²) < 4.78 is 2.40. The predicted molar refractivity (Wildman–Crippen MR) is 303 cm³/mol. The van der Waals surface area contributed by atoms with Crippen molar-refractivity contribution >= 4 is 64.9 Å². The van der Waals surface area contributed by atoms with Gasteiger partial charge in [-0.1, -0.05) is 206 Å². The van der Waals surface area contributed by atoms with E-state index in [1.165, 1.54) is 148 Å². The van der Waals surface area contributed by atoms with E-state index in [1.54, 1.807) is 0 Å². The van der Waals surface area contributed by atoms with Crippen molar-refractivity contribution in [2.24, 2.45) is 0 Å². The molecule has 2 aliphatic carbocycles. The molecule has 0 amide bonds. The Morgan fingerprint density at radius 2 is 0.792 bits per heavy atom. The van der Waals surface area contributed by atoms with Crippen LogP contribution in [-0.2, 0) is 5.41 Å². The van der Waals surface area contributed by atoms with Gasteiger partial charge < -0.3 is 4.57 Å². The molecule has 1 spiro atoms. The summed E-state index contributed by atoms with van der Waals surface area (Å²) in [5.41, 5.74) is 21.3. The maximum atomic E-state index is 2.49. The van der Waals surface area contributed by atoms with Crippen LogP contribution in [0.2, 0.25) is 0 Å². The summed E-state index contributed by atoms with van der Waals surface area (Å²) in [5.74, 6) is 0. The number of aromatic nitrogens is 1. The number of para-hydroxylation sites is 2. The first-order chi connectivity index (χ1) is 35.7. The molecule has 332 valence electrons. The SMILES string of the molecule is c1ccc(-n2c3ccccc3c3cc(-c4c5ccccc5c(-c5cccc(-c6ccc7c8c(ccc7c6)-c6cc7ccccc7cc6C86c7ccccc7-c7ccccc76)c5)c5ccccc45)ccc32)cc1. The van der Waals surface area contributed by atoms with Crippen molar-refractivity contribution in [2.75, 3.05) is 0 Å². The molecule has 0 fully saturated rings. The van der Waals surface area contributed by atoms with Gasteiger partial charge in [-0.25, -0.2) is 0 Å². The highest BCUT2D eigenvalue weighted by atomic mass is 15.0. The zero-order valence-electron chi connectivity index (χ0n) is 39.3. The van der Waals surface area contributed by atoms with E-state index >= 15 is 0 Å². The Morgan fingerprint density at radius 3 is 1.50 bits per heavy atom. The average Bonchev–Trinajstić information content (AvgIpc) is 4.05. The van der Waals surface area contributed by atoms with Gasteiger partial charge >= 0.3 is 0 Å². The van der Waals surface area contributed by atoms with E-state index in [1.807, 2.05) is 0 Å². The highest BCUT2D eigenvalue weighted by Crippen LogP contribution is 2.64. The molecule has 0 saturated heterocycles. The summed E-state index contributed by atoms with van der Waals surface area (Å²) >= 11 is 0. The Bertz CT molecular complexity index is 4520. The second kappa shape index (κ2) is 14.9. The average molecular weight is 910 g/mol. The molecule has 0 aliphatic heterocycles. The van der Waals surface area contributed by atoms with Crippen LogP contribution in [0.3, 0.4) is 0 Å². The molecule has 16 rings (SSSR count). The highest BCUT2D eigenvalue weighted by Gasteiger charge is 2.52. The summed E-state index contributed by atoms with van der Waals surface area (Å²) in [6.45, 7) is 0. The Labute approximate surface area is 417 Å². The van der Waals surface area contributed by atoms with Crippen molar-refractivity contribution in [3.63, 3.8) is 0 Å². The van der Waals surface area contributed by atoms with Crippen LogP contribution in [0.15, 0.2) is 261 Å². The third kappa shape index (κ3) is 5.32. The number of fused-ring (bicyclic) bond motifs is 18. The van der Waals surface area contributed by atoms with E-state index in [0.29, 0.717) is 0 Å². The number of hydrogen-bond donors (Lipinski definition) is 0. The van der Waals surface area contributed by atoms with Gasteiger partial charge in [0.25, 0.3) is 0 Å². The molecule has 72 heavy (non-hydrogen) atoms. The van der Waals surface area contributed by atoms with Crippen molar-refractivity contribution in [3.8, 4) is 61.3 Å². The second-order valence-corrected chi connectivity index (χ2v) is 19.9. The van der Waals surface area contributed by atoms with Crippen molar-refractivity contribution in [1.82, 2.24) is 4.57 Å². The monoisotopic (exact) mass is 909 g/mol. The second-order valence-electron chi connectivity index (χ2n) is 19.9. The molecule has 1 nitrogen and oxygen atoms in total. The molecule has 2 aliphatic rings. The number of rotatable bonds is 4. The Kier molecular flexibility index (Phi) is 8.16. The maximum absolute atomic E-state index is 2.49. The minimum atomic E-state index is -0.441. The lowest BCUT2D eigenvalue weighted by molar-refractivity contribution is 0.802. The lowest BCUT2D eigenvalue weighted by Crippen LogP contribution is -2.26. The van der Waals surface area contributed by atoms with Crippen LogP contribution in [0.25, 0.3) is 126 Å². The first-order valence-corrected chi connectivity index (χ1v) is 25.2. The van der Waals surface area contributed by atoms with E-state index in [4.69, 9.17) is 0 Å². The Hall–Kier alpha value is -9.30. The van der Waals surface area contributed by atoms with E-state index in [2.05, 4.69) is 265 Å². The largest absolute Gasteiger partial charge is 0.309 e. The fourth-order valence-electron chi connectivity index (χ4n) is 13.4. The van der Waals surface area contributed by atoms with Gasteiger partial charge in [0, 0.05) is 16.5 Å². The van der Waals surface area contributed by atoms with Gasteiger partial charge in [0.15, 0.2) is 0 Å². The van der Waals surface area contributed by atoms with Gasteiger partial charge in [-0.05, 0) is 176 Å². The van der Waals surface area contributed by atoms with Crippen LogP contribution in [0.5, 0.6) is 0 Å². The molecule has 0 atom stereocenters. The fourth-order valence-corrected chi connectivity index (χ4v) is 13.4. The van der Waals surface area contributed by atoms with Crippen molar-refractivity contribution in [1.29, 1.82) is 0 Å². The topological polar surface area (TPSA) is 4.93 Å². The fraction of sp³-hybridized carbons (Fsp3) is 0.0141. The van der Waals surface area contributed by atoms with Gasteiger partial charge in [0.1, 0.15) is 0 Å². The molecule has 0 unspecified atom stereocenters. The van der Waals surface area contributed by atoms with Crippen LogP contribution in [0, 0.1) is 0 Å². The van der Waals surface area contributed by atoms with Gasteiger partial charge in [-0.15, -0.1) is 0 Å². The van der Waals surface area contributed by atoms with Gasteiger partial charge in [-0.3, -0.25) is 0 Å². The molecular formula is C71H43N. The Balaban J connectivity index is 0.868. The summed E-state index contributed by atoms with van der Waals surface area (Å²) in [6.07, 6.45) is 0. The van der Waals surface area contributed by atoms with Gasteiger partial charge in [0.2, 0.25) is 0 Å². The van der Waals surface area contributed by atoms with Crippen LogP contribution >= 0.6 is 0 Å². The van der Waals surface area contributed by atoms with Crippen LogP contribution in [0.1, 0.15) is 22.3 Å². The lowest BCUT2D eigenvalue weighted by Gasteiger charge is -2.31. The van der Waals surface area contributed by atoms with Crippen molar-refractivity contribution < 1.29 is 0 Å². The van der Waals surface area contributed by atoms with Gasteiger partial charge in [0.05, 0.1) is 16.4 Å². The molecule has 0 N–H and O–H groups in total. The molecule has 1 heterocycles. The number of hydrogen-bond acceptors (Lipinski definition) is 0. The molecule has 0 saturated carbocycles. The molecule has 14 aromatic rings. The summed E-state index contributed by atoms with van der Waals surface area (Å²) in [5, 5.41) is 12.6. The van der Waals surface area contributed by atoms with Crippen LogP contribution < -0.4 is 0 Å². The molecular weight excluding hydrogens is 867 g/mol. The maximum Gasteiger partial charge on any atom is 0.0731 e. The molecule has 13 aromatic carbocycles. The number of nitrogens with zero attached hydrogens (tertiary/aromatic N) is 1. The Morgan fingerprint density at radius 1 is 0.250 bits per heavy atom. The minimum absolute atomic E-state index is 0.441. The van der Waals surface area contributed by atoms with E-state index in [0.717, 1.165) is 0 Å². The highest BCUT2D eigenvalue weighted by molar-refractivity contribution is 6.22. The number of benzene rings is 13. The van der Waals surface area contributed by atoms with Crippen molar-refractivity contribution in [2.45, 2.75) is 5.41 Å². The van der Waals surface area contributed by atoms with Crippen LogP contribution in [0.4, 0.5) is 0 Å². The quantitative estimate of drug-likeness (QED) is 0.155. The third-order valence-corrected chi connectivity index (χ3v) is 16.3. The normalized spacial score (nSPS) is 13.1. The zero-order valence-corrected chi connectivity index (χ0v) is 39.3. The first-order valence-electron chi connectivity index (χ1n) is 25.2. The van der Waals surface area contributed by atoms with E-state index in [-0.39, 0.29) is 0 Å². The lowest BCUT2D eigenvalue weighted by atomic mass is 9.69. The predicted octanol–water partition coefficient (Wildman–Crippen LogP) is 18.7. The minimum Gasteiger partial charge on any atom is -0.309 e. The molecule has 1 aromatic heterocycles. The van der Waals surface area contributed by atoms with Crippen LogP contribution in [-0.4, -0.2) is 4.57 Å². The third-order valence-electron chi connectivity index (χ3n) is 16.3. The summed E-state index contributed by atoms with van der Waals surface area (Å²) in [6, 6.07) is 97.9. The smallest absolute Gasteiger partial charge is 0.0731 e. The standard InChI is InChI=1S/C71H43N/c1-2-21-51(22-3-1)72-66-32-15-12-25-55(66)62-42-50(35-38-67(62)72)69-58-28-8-6-26-56(58)68(57-27-7-9-29-59(57)69)49-20-16-19-44(40-49)47-33-36-52-48(39-47)34-37-60-61-41-45-17-4-5-18-46(45)43-65(61)71(70(52)60)63-30-13-10-23-53(63)54-24-11-14-31-64(54)71/h1-43H.